The monoisotopic (exact) mass is 473 g/mol. The molecule has 3 rings (SSSR count). The lowest BCUT2D eigenvalue weighted by atomic mass is 10.2. The maximum absolute atomic E-state index is 13.2. The van der Waals surface area contributed by atoms with Gasteiger partial charge in [0, 0.05) is 10.7 Å². The lowest BCUT2D eigenvalue weighted by molar-refractivity contribution is -0.119. The number of amides is 1. The Morgan fingerprint density at radius 1 is 1.03 bits per heavy atom. The topological polar surface area (TPSA) is 88.2 Å². The molecule has 1 amide bonds. The van der Waals surface area contributed by atoms with E-state index >= 15 is 0 Å². The third kappa shape index (κ3) is 5.21. The standard InChI is InChI=1S/C21H20BrN3O3S/c1-15-8-10-17(11-9-15)29(27,28)21-18(22)6-4-7-19(21)24-14-20(26)25-13-16-5-2-3-12-23-16/h2-12,24H,13-14H2,1H3,(H,25,26). The summed E-state index contributed by atoms with van der Waals surface area (Å²) in [4.78, 5) is 16.6. The first-order chi connectivity index (χ1) is 13.9. The van der Waals surface area contributed by atoms with E-state index in [0.29, 0.717) is 16.7 Å². The Morgan fingerprint density at radius 2 is 1.79 bits per heavy atom. The Labute approximate surface area is 178 Å². The van der Waals surface area contributed by atoms with E-state index in [1.54, 1.807) is 54.7 Å². The van der Waals surface area contributed by atoms with E-state index in [1.165, 1.54) is 0 Å². The molecule has 0 spiro atoms. The van der Waals surface area contributed by atoms with E-state index < -0.39 is 9.84 Å². The van der Waals surface area contributed by atoms with Crippen molar-refractivity contribution in [3.05, 3.63) is 82.6 Å². The first-order valence-corrected chi connectivity index (χ1v) is 11.2. The number of sulfone groups is 1. The van der Waals surface area contributed by atoms with E-state index in [4.69, 9.17) is 0 Å². The fourth-order valence-electron chi connectivity index (χ4n) is 2.69. The summed E-state index contributed by atoms with van der Waals surface area (Å²) in [6.45, 7) is 2.12. The van der Waals surface area contributed by atoms with Crippen molar-refractivity contribution in [2.45, 2.75) is 23.3 Å². The van der Waals surface area contributed by atoms with E-state index in [9.17, 15) is 13.2 Å². The van der Waals surface area contributed by atoms with Gasteiger partial charge in [-0.25, -0.2) is 8.42 Å². The minimum atomic E-state index is -3.77. The summed E-state index contributed by atoms with van der Waals surface area (Å²) in [6, 6.07) is 17.1. The van der Waals surface area contributed by atoms with Gasteiger partial charge in [0.1, 0.15) is 4.90 Å². The van der Waals surface area contributed by atoms with Crippen LogP contribution < -0.4 is 10.6 Å². The highest BCUT2D eigenvalue weighted by molar-refractivity contribution is 9.10. The predicted molar refractivity (Wildman–Crippen MR) is 115 cm³/mol. The molecule has 0 aliphatic carbocycles. The van der Waals surface area contributed by atoms with E-state index in [0.717, 1.165) is 11.3 Å². The Kier molecular flexibility index (Phi) is 6.66. The zero-order valence-corrected chi connectivity index (χ0v) is 18.1. The Balaban J connectivity index is 1.76. The molecule has 29 heavy (non-hydrogen) atoms. The molecule has 1 heterocycles. The van der Waals surface area contributed by atoms with Crippen LogP contribution >= 0.6 is 15.9 Å². The summed E-state index contributed by atoms with van der Waals surface area (Å²) in [6.07, 6.45) is 1.66. The third-order valence-corrected chi connectivity index (χ3v) is 6.99. The number of hydrogen-bond acceptors (Lipinski definition) is 5. The number of rotatable bonds is 7. The van der Waals surface area contributed by atoms with Gasteiger partial charge >= 0.3 is 0 Å². The maximum Gasteiger partial charge on any atom is 0.239 e. The van der Waals surface area contributed by atoms with Gasteiger partial charge in [0.2, 0.25) is 15.7 Å². The van der Waals surface area contributed by atoms with Crippen LogP contribution in [0.4, 0.5) is 5.69 Å². The Bertz CT molecular complexity index is 1100. The molecule has 150 valence electrons. The van der Waals surface area contributed by atoms with E-state index in [-0.39, 0.29) is 22.2 Å². The van der Waals surface area contributed by atoms with Crippen molar-refractivity contribution >= 4 is 37.4 Å². The summed E-state index contributed by atoms with van der Waals surface area (Å²) in [5, 5.41) is 5.69. The second-order valence-corrected chi connectivity index (χ2v) is 9.13. The minimum absolute atomic E-state index is 0.0697. The largest absolute Gasteiger partial charge is 0.375 e. The van der Waals surface area contributed by atoms with Crippen LogP contribution in [0.3, 0.4) is 0 Å². The van der Waals surface area contributed by atoms with Crippen LogP contribution in [0.1, 0.15) is 11.3 Å². The number of pyridine rings is 1. The van der Waals surface area contributed by atoms with Crippen LogP contribution in [0.15, 0.2) is 81.1 Å². The zero-order chi connectivity index (χ0) is 20.9. The molecule has 6 nitrogen and oxygen atoms in total. The summed E-state index contributed by atoms with van der Waals surface area (Å²) in [5.41, 5.74) is 2.07. The molecule has 2 aromatic carbocycles. The normalized spacial score (nSPS) is 11.1. The lowest BCUT2D eigenvalue weighted by Crippen LogP contribution is -2.30. The molecule has 2 N–H and O–H groups in total. The average Bonchev–Trinajstić information content (AvgIpc) is 2.71. The molecule has 0 bridgehead atoms. The number of benzene rings is 2. The van der Waals surface area contributed by atoms with Crippen molar-refractivity contribution < 1.29 is 13.2 Å². The summed E-state index contributed by atoms with van der Waals surface area (Å²) < 4.78 is 26.8. The molecule has 3 aromatic rings. The maximum atomic E-state index is 13.2. The molecular formula is C21H20BrN3O3S. The molecule has 0 fully saturated rings. The van der Waals surface area contributed by atoms with Gasteiger partial charge in [-0.1, -0.05) is 29.8 Å². The van der Waals surface area contributed by atoms with E-state index in [1.807, 2.05) is 19.1 Å². The summed E-state index contributed by atoms with van der Waals surface area (Å²) in [5.74, 6) is -0.269. The number of aryl methyl sites for hydroxylation is 1. The summed E-state index contributed by atoms with van der Waals surface area (Å²) in [7, 11) is -3.77. The second-order valence-electron chi connectivity index (χ2n) is 6.38. The molecule has 1 aromatic heterocycles. The Hall–Kier alpha value is -2.71. The van der Waals surface area contributed by atoms with Crippen molar-refractivity contribution in [2.24, 2.45) is 0 Å². The number of carbonyl (C=O) groups is 1. The van der Waals surface area contributed by atoms with Crippen molar-refractivity contribution in [1.29, 1.82) is 0 Å². The van der Waals surface area contributed by atoms with Crippen LogP contribution in [0.2, 0.25) is 0 Å². The van der Waals surface area contributed by atoms with Crippen LogP contribution in [0.25, 0.3) is 0 Å². The lowest BCUT2D eigenvalue weighted by Gasteiger charge is -2.14. The van der Waals surface area contributed by atoms with Crippen molar-refractivity contribution in [1.82, 2.24) is 10.3 Å². The molecule has 0 saturated heterocycles. The van der Waals surface area contributed by atoms with Gasteiger partial charge in [-0.2, -0.15) is 0 Å². The molecule has 0 aliphatic rings. The van der Waals surface area contributed by atoms with Crippen LogP contribution in [-0.4, -0.2) is 25.9 Å². The Morgan fingerprint density at radius 3 is 2.48 bits per heavy atom. The third-order valence-electron chi connectivity index (χ3n) is 4.20. The number of carbonyl (C=O) groups excluding carboxylic acids is 1. The number of anilines is 1. The van der Waals surface area contributed by atoms with Crippen LogP contribution in [-0.2, 0) is 21.2 Å². The predicted octanol–water partition coefficient (Wildman–Crippen LogP) is 3.71. The average molecular weight is 474 g/mol. The molecule has 0 radical (unpaired) electrons. The van der Waals surface area contributed by atoms with Gasteiger partial charge in [0.25, 0.3) is 0 Å². The van der Waals surface area contributed by atoms with Crippen LogP contribution in [0, 0.1) is 6.92 Å². The van der Waals surface area contributed by atoms with E-state index in [2.05, 4.69) is 31.5 Å². The zero-order valence-electron chi connectivity index (χ0n) is 15.7. The fraction of sp³-hybridized carbons (Fsp3) is 0.143. The molecule has 0 aliphatic heterocycles. The SMILES string of the molecule is Cc1ccc(S(=O)(=O)c2c(Br)cccc2NCC(=O)NCc2ccccn2)cc1. The molecule has 8 heteroatoms. The van der Waals surface area contributed by atoms with Gasteiger partial charge < -0.3 is 10.6 Å². The van der Waals surface area contributed by atoms with Crippen molar-refractivity contribution in [3.63, 3.8) is 0 Å². The number of nitrogens with zero attached hydrogens (tertiary/aromatic N) is 1. The van der Waals surface area contributed by atoms with Gasteiger partial charge in [-0.15, -0.1) is 0 Å². The highest BCUT2D eigenvalue weighted by Crippen LogP contribution is 2.34. The molecule has 0 saturated carbocycles. The summed E-state index contributed by atoms with van der Waals surface area (Å²) >= 11 is 3.34. The van der Waals surface area contributed by atoms with Gasteiger partial charge in [-0.3, -0.25) is 9.78 Å². The smallest absolute Gasteiger partial charge is 0.239 e. The first-order valence-electron chi connectivity index (χ1n) is 8.88. The highest BCUT2D eigenvalue weighted by atomic mass is 79.9. The highest BCUT2D eigenvalue weighted by Gasteiger charge is 2.24. The van der Waals surface area contributed by atoms with Crippen molar-refractivity contribution in [3.8, 4) is 0 Å². The van der Waals surface area contributed by atoms with Gasteiger partial charge in [0.15, 0.2) is 0 Å². The van der Waals surface area contributed by atoms with Crippen LogP contribution in [0.5, 0.6) is 0 Å². The fourth-order valence-corrected chi connectivity index (χ4v) is 5.18. The molecular weight excluding hydrogens is 454 g/mol. The number of hydrogen-bond donors (Lipinski definition) is 2. The number of halogens is 1. The second kappa shape index (κ2) is 9.19. The number of nitrogens with one attached hydrogen (secondary N) is 2. The molecule has 0 atom stereocenters. The molecule has 0 unspecified atom stereocenters. The quantitative estimate of drug-likeness (QED) is 0.545. The number of aromatic nitrogens is 1. The van der Waals surface area contributed by atoms with Crippen molar-refractivity contribution in [2.75, 3.05) is 11.9 Å². The van der Waals surface area contributed by atoms with Gasteiger partial charge in [-0.05, 0) is 59.3 Å². The first kappa shape index (κ1) is 21.0. The van der Waals surface area contributed by atoms with Gasteiger partial charge in [0.05, 0.1) is 29.4 Å². The minimum Gasteiger partial charge on any atom is -0.375 e.